The second-order valence-electron chi connectivity index (χ2n) is 4.63. The minimum atomic E-state index is 0.149. The van der Waals surface area contributed by atoms with Gasteiger partial charge in [0.15, 0.2) is 0 Å². The number of aryl methyl sites for hydroxylation is 1. The quantitative estimate of drug-likeness (QED) is 0.836. The van der Waals surface area contributed by atoms with Crippen molar-refractivity contribution in [2.75, 3.05) is 12.0 Å². The SMILES string of the molecule is CSCCn1ccnc1CNC(C)(C)C. The van der Waals surface area contributed by atoms with Gasteiger partial charge in [-0.15, -0.1) is 0 Å². The summed E-state index contributed by atoms with van der Waals surface area (Å²) in [5.74, 6) is 2.26. The maximum absolute atomic E-state index is 4.36. The van der Waals surface area contributed by atoms with Crippen molar-refractivity contribution in [2.45, 2.75) is 39.4 Å². The molecule has 0 aliphatic heterocycles. The Kier molecular flexibility index (Phi) is 4.67. The minimum absolute atomic E-state index is 0.149. The summed E-state index contributed by atoms with van der Waals surface area (Å²) in [6, 6.07) is 0. The number of rotatable bonds is 5. The van der Waals surface area contributed by atoms with E-state index in [1.807, 2.05) is 18.0 Å². The molecule has 1 aromatic heterocycles. The van der Waals surface area contributed by atoms with Crippen LogP contribution in [0.4, 0.5) is 0 Å². The van der Waals surface area contributed by atoms with E-state index in [1.54, 1.807) is 0 Å². The number of aromatic nitrogens is 2. The van der Waals surface area contributed by atoms with E-state index in [-0.39, 0.29) is 5.54 Å². The summed E-state index contributed by atoms with van der Waals surface area (Å²) in [7, 11) is 0. The molecule has 0 aliphatic carbocycles. The van der Waals surface area contributed by atoms with Gasteiger partial charge in [-0.2, -0.15) is 11.8 Å². The van der Waals surface area contributed by atoms with Crippen LogP contribution in [0, 0.1) is 0 Å². The van der Waals surface area contributed by atoms with Gasteiger partial charge in [0.2, 0.25) is 0 Å². The lowest BCUT2D eigenvalue weighted by atomic mass is 10.1. The predicted octanol–water partition coefficient (Wildman–Crippen LogP) is 2.13. The van der Waals surface area contributed by atoms with Gasteiger partial charge in [-0.3, -0.25) is 0 Å². The fourth-order valence-corrected chi connectivity index (χ4v) is 1.62. The highest BCUT2D eigenvalue weighted by atomic mass is 32.2. The maximum Gasteiger partial charge on any atom is 0.122 e. The molecule has 15 heavy (non-hydrogen) atoms. The van der Waals surface area contributed by atoms with Gasteiger partial charge in [-0.1, -0.05) is 0 Å². The third-order valence-corrected chi connectivity index (χ3v) is 2.71. The Bertz CT molecular complexity index is 288. The zero-order valence-corrected chi connectivity index (χ0v) is 10.9. The summed E-state index contributed by atoms with van der Waals surface area (Å²) in [5, 5.41) is 3.45. The summed E-state index contributed by atoms with van der Waals surface area (Å²) >= 11 is 1.86. The van der Waals surface area contributed by atoms with Crippen LogP contribution in [-0.2, 0) is 13.1 Å². The molecule has 3 nitrogen and oxygen atoms in total. The molecule has 0 fully saturated rings. The van der Waals surface area contributed by atoms with Crippen molar-refractivity contribution in [3.63, 3.8) is 0 Å². The fourth-order valence-electron chi connectivity index (χ4n) is 1.24. The highest BCUT2D eigenvalue weighted by Gasteiger charge is 2.10. The number of hydrogen-bond donors (Lipinski definition) is 1. The molecule has 1 N–H and O–H groups in total. The molecule has 4 heteroatoms. The molecule has 0 bridgehead atoms. The molecular weight excluding hydrogens is 206 g/mol. The highest BCUT2D eigenvalue weighted by molar-refractivity contribution is 7.98. The zero-order chi connectivity index (χ0) is 11.3. The van der Waals surface area contributed by atoms with Gasteiger partial charge in [0.1, 0.15) is 5.82 Å². The van der Waals surface area contributed by atoms with Crippen molar-refractivity contribution in [3.8, 4) is 0 Å². The van der Waals surface area contributed by atoms with Gasteiger partial charge in [-0.05, 0) is 27.0 Å². The highest BCUT2D eigenvalue weighted by Crippen LogP contribution is 2.04. The Balaban J connectivity index is 2.50. The van der Waals surface area contributed by atoms with Crippen LogP contribution in [0.1, 0.15) is 26.6 Å². The summed E-state index contributed by atoms with van der Waals surface area (Å²) in [4.78, 5) is 4.36. The fraction of sp³-hybridized carbons (Fsp3) is 0.727. The van der Waals surface area contributed by atoms with E-state index in [0.29, 0.717) is 0 Å². The van der Waals surface area contributed by atoms with Gasteiger partial charge in [-0.25, -0.2) is 4.98 Å². The number of nitrogens with one attached hydrogen (secondary N) is 1. The second kappa shape index (κ2) is 5.56. The first kappa shape index (κ1) is 12.6. The third-order valence-electron chi connectivity index (χ3n) is 2.11. The molecule has 0 saturated heterocycles. The lowest BCUT2D eigenvalue weighted by Crippen LogP contribution is -2.36. The average molecular weight is 227 g/mol. The van der Waals surface area contributed by atoms with Crippen molar-refractivity contribution < 1.29 is 0 Å². The Morgan fingerprint density at radius 2 is 2.20 bits per heavy atom. The maximum atomic E-state index is 4.36. The van der Waals surface area contributed by atoms with E-state index in [9.17, 15) is 0 Å². The van der Waals surface area contributed by atoms with Crippen LogP contribution < -0.4 is 5.32 Å². The number of hydrogen-bond acceptors (Lipinski definition) is 3. The molecule has 0 amide bonds. The molecule has 1 rings (SSSR count). The standard InChI is InChI=1S/C11H21N3S/c1-11(2,3)13-9-10-12-5-6-14(10)7-8-15-4/h5-6,13H,7-9H2,1-4H3. The first-order valence-electron chi connectivity index (χ1n) is 5.27. The first-order chi connectivity index (χ1) is 7.03. The van der Waals surface area contributed by atoms with Crippen LogP contribution in [0.2, 0.25) is 0 Å². The van der Waals surface area contributed by atoms with Crippen molar-refractivity contribution in [3.05, 3.63) is 18.2 Å². The van der Waals surface area contributed by atoms with Crippen molar-refractivity contribution in [1.29, 1.82) is 0 Å². The van der Waals surface area contributed by atoms with E-state index in [4.69, 9.17) is 0 Å². The summed E-state index contributed by atoms with van der Waals surface area (Å²) in [6.45, 7) is 8.39. The van der Waals surface area contributed by atoms with Gasteiger partial charge >= 0.3 is 0 Å². The molecule has 0 aliphatic rings. The Hall–Kier alpha value is -0.480. The van der Waals surface area contributed by atoms with Crippen molar-refractivity contribution >= 4 is 11.8 Å². The average Bonchev–Trinajstić information content (AvgIpc) is 2.57. The van der Waals surface area contributed by atoms with Gasteiger partial charge in [0, 0.05) is 30.2 Å². The third kappa shape index (κ3) is 4.71. The molecule has 0 radical (unpaired) electrons. The van der Waals surface area contributed by atoms with E-state index in [0.717, 1.165) is 24.7 Å². The molecule has 1 aromatic rings. The van der Waals surface area contributed by atoms with Crippen LogP contribution in [0.5, 0.6) is 0 Å². The molecule has 0 atom stereocenters. The monoisotopic (exact) mass is 227 g/mol. The van der Waals surface area contributed by atoms with Crippen LogP contribution in [0.25, 0.3) is 0 Å². The Morgan fingerprint density at radius 3 is 2.80 bits per heavy atom. The molecule has 86 valence electrons. The predicted molar refractivity (Wildman–Crippen MR) is 67.2 cm³/mol. The zero-order valence-electron chi connectivity index (χ0n) is 10.1. The smallest absolute Gasteiger partial charge is 0.122 e. The number of thioether (sulfide) groups is 1. The van der Waals surface area contributed by atoms with E-state index in [2.05, 4.69) is 48.1 Å². The van der Waals surface area contributed by atoms with Gasteiger partial charge in [0.05, 0.1) is 6.54 Å². The molecule has 0 spiro atoms. The van der Waals surface area contributed by atoms with Gasteiger partial charge < -0.3 is 9.88 Å². The minimum Gasteiger partial charge on any atom is -0.333 e. The normalized spacial score (nSPS) is 12.0. The van der Waals surface area contributed by atoms with E-state index in [1.165, 1.54) is 0 Å². The van der Waals surface area contributed by atoms with Crippen LogP contribution in [-0.4, -0.2) is 27.1 Å². The number of nitrogens with zero attached hydrogens (tertiary/aromatic N) is 2. The van der Waals surface area contributed by atoms with Gasteiger partial charge in [0.25, 0.3) is 0 Å². The van der Waals surface area contributed by atoms with Crippen molar-refractivity contribution in [1.82, 2.24) is 14.9 Å². The lowest BCUT2D eigenvalue weighted by Gasteiger charge is -2.20. The Morgan fingerprint density at radius 1 is 1.47 bits per heavy atom. The van der Waals surface area contributed by atoms with E-state index >= 15 is 0 Å². The molecular formula is C11H21N3S. The molecule has 1 heterocycles. The lowest BCUT2D eigenvalue weighted by molar-refractivity contribution is 0.412. The molecule has 0 unspecified atom stereocenters. The van der Waals surface area contributed by atoms with Crippen molar-refractivity contribution in [2.24, 2.45) is 0 Å². The summed E-state index contributed by atoms with van der Waals surface area (Å²) in [6.07, 6.45) is 6.06. The summed E-state index contributed by atoms with van der Waals surface area (Å²) < 4.78 is 2.22. The van der Waals surface area contributed by atoms with Crippen LogP contribution in [0.15, 0.2) is 12.4 Å². The Labute approximate surface area is 96.7 Å². The molecule has 0 saturated carbocycles. The second-order valence-corrected chi connectivity index (χ2v) is 5.62. The summed E-state index contributed by atoms with van der Waals surface area (Å²) in [5.41, 5.74) is 0.149. The van der Waals surface area contributed by atoms with Crippen LogP contribution >= 0.6 is 11.8 Å². The first-order valence-corrected chi connectivity index (χ1v) is 6.66. The van der Waals surface area contributed by atoms with E-state index < -0.39 is 0 Å². The molecule has 0 aromatic carbocycles. The van der Waals surface area contributed by atoms with Crippen LogP contribution in [0.3, 0.4) is 0 Å². The number of imidazole rings is 1. The topological polar surface area (TPSA) is 29.9 Å². The largest absolute Gasteiger partial charge is 0.333 e.